The maximum atomic E-state index is 12.1. The first-order chi connectivity index (χ1) is 11.5. The number of nitrogens with one attached hydrogen (secondary N) is 1. The van der Waals surface area contributed by atoms with Gasteiger partial charge in [-0.3, -0.25) is 0 Å². The van der Waals surface area contributed by atoms with Gasteiger partial charge in [0.05, 0.1) is 13.2 Å². The topological polar surface area (TPSA) is 64.6 Å². The van der Waals surface area contributed by atoms with Crippen molar-refractivity contribution in [2.24, 2.45) is 5.92 Å². The summed E-state index contributed by atoms with van der Waals surface area (Å²) >= 11 is 0. The van der Waals surface area contributed by atoms with E-state index in [0.717, 1.165) is 19.3 Å². The highest BCUT2D eigenvalue weighted by Crippen LogP contribution is 2.09. The molecule has 0 saturated heterocycles. The van der Waals surface area contributed by atoms with Crippen LogP contribution in [0.2, 0.25) is 0 Å². The zero-order valence-corrected chi connectivity index (χ0v) is 16.1. The Labute approximate surface area is 147 Å². The summed E-state index contributed by atoms with van der Waals surface area (Å²) in [6.07, 6.45) is 9.82. The van der Waals surface area contributed by atoms with Gasteiger partial charge >= 0.3 is 12.1 Å². The minimum Gasteiger partial charge on any atom is -0.464 e. The molecule has 0 aliphatic heterocycles. The largest absolute Gasteiger partial charge is 0.464 e. The second kappa shape index (κ2) is 15.3. The van der Waals surface area contributed by atoms with Gasteiger partial charge in [0, 0.05) is 0 Å². The second-order valence-electron chi connectivity index (χ2n) is 6.64. The molecule has 1 N–H and O–H groups in total. The number of alkyl carbamates (subject to hydrolysis) is 1. The summed E-state index contributed by atoms with van der Waals surface area (Å²) in [7, 11) is 0. The number of unbranched alkanes of at least 4 members (excludes halogenated alkanes) is 7. The third kappa shape index (κ3) is 12.2. The molecule has 0 aliphatic rings. The van der Waals surface area contributed by atoms with Crippen LogP contribution in [-0.2, 0) is 14.3 Å². The van der Waals surface area contributed by atoms with Crippen molar-refractivity contribution in [1.82, 2.24) is 5.32 Å². The number of hydrogen-bond acceptors (Lipinski definition) is 4. The van der Waals surface area contributed by atoms with E-state index >= 15 is 0 Å². The lowest BCUT2D eigenvalue weighted by Crippen LogP contribution is -2.45. The molecule has 0 saturated carbocycles. The van der Waals surface area contributed by atoms with E-state index in [1.165, 1.54) is 38.5 Å². The van der Waals surface area contributed by atoms with E-state index in [4.69, 9.17) is 9.47 Å². The summed E-state index contributed by atoms with van der Waals surface area (Å²) in [5.74, 6) is -0.411. The molecular weight excluding hydrogens is 306 g/mol. The molecule has 0 spiro atoms. The fourth-order valence-electron chi connectivity index (χ4n) is 2.36. The zero-order chi connectivity index (χ0) is 18.2. The first-order valence-corrected chi connectivity index (χ1v) is 9.62. The van der Waals surface area contributed by atoms with Gasteiger partial charge < -0.3 is 14.8 Å². The Kier molecular flexibility index (Phi) is 14.5. The van der Waals surface area contributed by atoms with Gasteiger partial charge in [0.2, 0.25) is 0 Å². The molecule has 0 heterocycles. The van der Waals surface area contributed by atoms with E-state index in [1.54, 1.807) is 0 Å². The van der Waals surface area contributed by atoms with Crippen LogP contribution in [0.1, 0.15) is 85.5 Å². The Morgan fingerprint density at radius 3 is 1.92 bits per heavy atom. The van der Waals surface area contributed by atoms with Gasteiger partial charge in [-0.05, 0) is 18.8 Å². The van der Waals surface area contributed by atoms with Crippen molar-refractivity contribution >= 4 is 12.1 Å². The normalized spacial score (nSPS) is 12.0. The number of esters is 1. The van der Waals surface area contributed by atoms with E-state index in [-0.39, 0.29) is 11.9 Å². The number of amides is 1. The maximum Gasteiger partial charge on any atom is 0.407 e. The molecular formula is C19H37NO4. The van der Waals surface area contributed by atoms with E-state index in [2.05, 4.69) is 12.2 Å². The Morgan fingerprint density at radius 2 is 1.38 bits per heavy atom. The van der Waals surface area contributed by atoms with E-state index in [1.807, 2.05) is 20.8 Å². The van der Waals surface area contributed by atoms with Crippen molar-refractivity contribution < 1.29 is 19.1 Å². The predicted octanol–water partition coefficient (Wildman–Crippen LogP) is 4.83. The Bertz CT molecular complexity index is 331. The third-order valence-corrected chi connectivity index (χ3v) is 3.87. The van der Waals surface area contributed by atoms with Crippen molar-refractivity contribution in [2.75, 3.05) is 13.2 Å². The fourth-order valence-corrected chi connectivity index (χ4v) is 2.36. The number of hydrogen-bond donors (Lipinski definition) is 1. The first kappa shape index (κ1) is 22.7. The van der Waals surface area contributed by atoms with Crippen LogP contribution in [0.4, 0.5) is 4.79 Å². The summed E-state index contributed by atoms with van der Waals surface area (Å²) in [4.78, 5) is 23.7. The van der Waals surface area contributed by atoms with Crippen LogP contribution in [-0.4, -0.2) is 31.3 Å². The molecule has 0 fully saturated rings. The molecule has 142 valence electrons. The van der Waals surface area contributed by atoms with E-state index in [0.29, 0.717) is 13.2 Å². The molecule has 0 aliphatic carbocycles. The Hall–Kier alpha value is -1.26. The van der Waals surface area contributed by atoms with Crippen LogP contribution in [0, 0.1) is 5.92 Å². The van der Waals surface area contributed by atoms with Crippen molar-refractivity contribution in [3.63, 3.8) is 0 Å². The lowest BCUT2D eigenvalue weighted by atomic mass is 10.1. The lowest BCUT2D eigenvalue weighted by molar-refractivity contribution is -0.147. The first-order valence-electron chi connectivity index (χ1n) is 9.62. The monoisotopic (exact) mass is 343 g/mol. The van der Waals surface area contributed by atoms with Crippen molar-refractivity contribution in [3.05, 3.63) is 0 Å². The average molecular weight is 344 g/mol. The van der Waals surface area contributed by atoms with Gasteiger partial charge in [0.15, 0.2) is 0 Å². The van der Waals surface area contributed by atoms with Gasteiger partial charge in [0.25, 0.3) is 0 Å². The number of carbonyl (C=O) groups excluding carboxylic acids is 2. The van der Waals surface area contributed by atoms with Gasteiger partial charge in [0.1, 0.15) is 6.04 Å². The Balaban J connectivity index is 3.85. The summed E-state index contributed by atoms with van der Waals surface area (Å²) in [6.45, 7) is 8.67. The van der Waals surface area contributed by atoms with Gasteiger partial charge in [-0.1, -0.05) is 72.6 Å². The summed E-state index contributed by atoms with van der Waals surface area (Å²) in [6, 6.07) is -0.650. The molecule has 0 aromatic rings. The van der Waals surface area contributed by atoms with E-state index < -0.39 is 12.1 Å². The third-order valence-electron chi connectivity index (χ3n) is 3.87. The minimum atomic E-state index is -0.650. The lowest BCUT2D eigenvalue weighted by Gasteiger charge is -2.20. The van der Waals surface area contributed by atoms with Crippen LogP contribution >= 0.6 is 0 Å². The minimum absolute atomic E-state index is 0.0368. The Morgan fingerprint density at radius 1 is 0.792 bits per heavy atom. The average Bonchev–Trinajstić information content (AvgIpc) is 2.55. The molecule has 0 unspecified atom stereocenters. The van der Waals surface area contributed by atoms with Crippen molar-refractivity contribution in [1.29, 1.82) is 0 Å². The van der Waals surface area contributed by atoms with Gasteiger partial charge in [-0.2, -0.15) is 0 Å². The number of ether oxygens (including phenoxy) is 2. The predicted molar refractivity (Wildman–Crippen MR) is 97.0 cm³/mol. The van der Waals surface area contributed by atoms with Crippen LogP contribution in [0.5, 0.6) is 0 Å². The summed E-state index contributed by atoms with van der Waals surface area (Å²) < 4.78 is 10.3. The van der Waals surface area contributed by atoms with Gasteiger partial charge in [-0.25, -0.2) is 9.59 Å². The standard InChI is InChI=1S/C19H37NO4/c1-5-7-8-9-10-11-12-13-15-23-18(21)17(16(3)4)20-19(22)24-14-6-2/h16-17H,5-15H2,1-4H3,(H,20,22)/t17-/m0/s1. The van der Waals surface area contributed by atoms with Crippen molar-refractivity contribution in [2.45, 2.75) is 91.5 Å². The molecule has 0 aromatic carbocycles. The highest BCUT2D eigenvalue weighted by Gasteiger charge is 2.26. The highest BCUT2D eigenvalue weighted by atomic mass is 16.6. The maximum absolute atomic E-state index is 12.1. The van der Waals surface area contributed by atoms with Crippen LogP contribution in [0.15, 0.2) is 0 Å². The molecule has 1 amide bonds. The van der Waals surface area contributed by atoms with Crippen LogP contribution in [0.3, 0.4) is 0 Å². The molecule has 5 nitrogen and oxygen atoms in total. The molecule has 0 bridgehead atoms. The summed E-state index contributed by atoms with van der Waals surface area (Å²) in [5.41, 5.74) is 0. The molecule has 24 heavy (non-hydrogen) atoms. The van der Waals surface area contributed by atoms with Crippen molar-refractivity contribution in [3.8, 4) is 0 Å². The smallest absolute Gasteiger partial charge is 0.407 e. The molecule has 0 radical (unpaired) electrons. The van der Waals surface area contributed by atoms with Crippen LogP contribution < -0.4 is 5.32 Å². The van der Waals surface area contributed by atoms with E-state index in [9.17, 15) is 9.59 Å². The quantitative estimate of drug-likeness (QED) is 0.362. The fraction of sp³-hybridized carbons (Fsp3) is 0.895. The molecule has 0 rings (SSSR count). The second-order valence-corrected chi connectivity index (χ2v) is 6.64. The molecule has 5 heteroatoms. The molecule has 1 atom stereocenters. The number of rotatable bonds is 14. The van der Waals surface area contributed by atoms with Gasteiger partial charge in [-0.15, -0.1) is 0 Å². The SMILES string of the molecule is CCCCCCCCCCOC(=O)[C@@H](NC(=O)OCCC)C(C)C. The number of carbonyl (C=O) groups is 2. The zero-order valence-electron chi connectivity index (χ0n) is 16.1. The molecule has 0 aromatic heterocycles. The highest BCUT2D eigenvalue weighted by molar-refractivity contribution is 5.81. The summed E-state index contributed by atoms with van der Waals surface area (Å²) in [5, 5.41) is 2.60. The van der Waals surface area contributed by atoms with Crippen LogP contribution in [0.25, 0.3) is 0 Å².